The topological polar surface area (TPSA) is 15.3 Å². The Kier molecular flexibility index (Phi) is 6.78. The number of nitrogens with zero attached hydrogens (tertiary/aromatic N) is 1. The molecule has 0 aromatic heterocycles. The molecule has 4 heteroatoms. The van der Waals surface area contributed by atoms with Crippen molar-refractivity contribution in [3.8, 4) is 0 Å². The Balaban J connectivity index is 0.00000144. The number of hydrogen-bond donors (Lipinski definition) is 1. The lowest BCUT2D eigenvalue weighted by Crippen LogP contribution is -2.43. The van der Waals surface area contributed by atoms with Gasteiger partial charge in [-0.25, -0.2) is 0 Å². The summed E-state index contributed by atoms with van der Waals surface area (Å²) in [6.45, 7) is 6.70. The van der Waals surface area contributed by atoms with Crippen molar-refractivity contribution in [2.45, 2.75) is 18.2 Å². The minimum Gasteiger partial charge on any atom is -0.368 e. The van der Waals surface area contributed by atoms with Gasteiger partial charge < -0.3 is 10.2 Å². The third-order valence-electron chi connectivity index (χ3n) is 2.78. The second-order valence-electron chi connectivity index (χ2n) is 4.05. The van der Waals surface area contributed by atoms with Gasteiger partial charge in [0.1, 0.15) is 0 Å². The molecule has 2 rings (SSSR count). The number of piperazine rings is 1. The lowest BCUT2D eigenvalue weighted by atomic mass is 10.2. The summed E-state index contributed by atoms with van der Waals surface area (Å²) in [5.41, 5.74) is 1.42. The van der Waals surface area contributed by atoms with Crippen LogP contribution in [0.25, 0.3) is 0 Å². The Morgan fingerprint density at radius 3 is 2.65 bits per heavy atom. The van der Waals surface area contributed by atoms with Gasteiger partial charge in [0.15, 0.2) is 0 Å². The van der Waals surface area contributed by atoms with E-state index in [1.807, 2.05) is 11.8 Å². The number of rotatable bonds is 4. The lowest BCUT2D eigenvalue weighted by Gasteiger charge is -2.30. The van der Waals surface area contributed by atoms with Crippen molar-refractivity contribution >= 4 is 29.9 Å². The smallest absolute Gasteiger partial charge is 0.0505 e. The zero-order valence-electron chi connectivity index (χ0n) is 10.3. The van der Waals surface area contributed by atoms with E-state index >= 15 is 0 Å². The summed E-state index contributed by atoms with van der Waals surface area (Å²) >= 11 is 1.98. The van der Waals surface area contributed by atoms with E-state index in [1.165, 1.54) is 22.8 Å². The van der Waals surface area contributed by atoms with Crippen molar-refractivity contribution in [3.05, 3.63) is 24.3 Å². The van der Waals surface area contributed by atoms with Crippen LogP contribution in [0.15, 0.2) is 29.2 Å². The SMILES string of the molecule is CCCSc1ccccc1N1CCNCC1.Cl. The summed E-state index contributed by atoms with van der Waals surface area (Å²) in [7, 11) is 0. The summed E-state index contributed by atoms with van der Waals surface area (Å²) in [6.07, 6.45) is 1.24. The van der Waals surface area contributed by atoms with Gasteiger partial charge in [-0.2, -0.15) is 0 Å². The van der Waals surface area contributed by atoms with E-state index in [2.05, 4.69) is 41.4 Å². The zero-order chi connectivity index (χ0) is 11.2. The predicted molar refractivity (Wildman–Crippen MR) is 79.8 cm³/mol. The predicted octanol–water partition coefficient (Wildman–Crippen LogP) is 3.02. The number of hydrogen-bond acceptors (Lipinski definition) is 3. The Hall–Kier alpha value is -0.380. The Labute approximate surface area is 115 Å². The number of nitrogens with one attached hydrogen (secondary N) is 1. The maximum absolute atomic E-state index is 3.40. The molecule has 1 aliphatic heterocycles. The summed E-state index contributed by atoms with van der Waals surface area (Å²) in [4.78, 5) is 3.93. The molecular weight excluding hydrogens is 252 g/mol. The van der Waals surface area contributed by atoms with Crippen molar-refractivity contribution in [2.24, 2.45) is 0 Å². The molecule has 1 aliphatic rings. The molecule has 0 aliphatic carbocycles. The van der Waals surface area contributed by atoms with Gasteiger partial charge in [0.05, 0.1) is 5.69 Å². The molecule has 96 valence electrons. The molecule has 0 radical (unpaired) electrons. The molecule has 0 unspecified atom stereocenters. The molecule has 0 saturated carbocycles. The average molecular weight is 273 g/mol. The monoisotopic (exact) mass is 272 g/mol. The highest BCUT2D eigenvalue weighted by molar-refractivity contribution is 7.99. The van der Waals surface area contributed by atoms with Crippen LogP contribution >= 0.6 is 24.2 Å². The van der Waals surface area contributed by atoms with Gasteiger partial charge in [-0.3, -0.25) is 0 Å². The summed E-state index contributed by atoms with van der Waals surface area (Å²) in [5, 5.41) is 3.40. The van der Waals surface area contributed by atoms with Gasteiger partial charge in [0.25, 0.3) is 0 Å². The van der Waals surface area contributed by atoms with Crippen LogP contribution in [-0.2, 0) is 0 Å². The van der Waals surface area contributed by atoms with Crippen LogP contribution in [0.4, 0.5) is 5.69 Å². The first-order chi connectivity index (χ1) is 7.92. The Morgan fingerprint density at radius 1 is 1.24 bits per heavy atom. The van der Waals surface area contributed by atoms with Crippen molar-refractivity contribution in [2.75, 3.05) is 36.8 Å². The van der Waals surface area contributed by atoms with Crippen LogP contribution in [0, 0.1) is 0 Å². The molecule has 2 nitrogen and oxygen atoms in total. The number of halogens is 1. The fourth-order valence-corrected chi connectivity index (χ4v) is 2.90. The third-order valence-corrected chi connectivity index (χ3v) is 4.05. The second kappa shape index (κ2) is 7.85. The van der Waals surface area contributed by atoms with Gasteiger partial charge >= 0.3 is 0 Å². The Morgan fingerprint density at radius 2 is 1.94 bits per heavy atom. The molecule has 1 fully saturated rings. The molecule has 1 saturated heterocycles. The number of thioether (sulfide) groups is 1. The Bertz CT molecular complexity index is 327. The highest BCUT2D eigenvalue weighted by Gasteiger charge is 2.13. The average Bonchev–Trinajstić information content (AvgIpc) is 2.38. The molecule has 0 spiro atoms. The first-order valence-corrected chi connectivity index (χ1v) is 7.08. The minimum atomic E-state index is 0. The second-order valence-corrected chi connectivity index (χ2v) is 5.19. The highest BCUT2D eigenvalue weighted by Crippen LogP contribution is 2.30. The summed E-state index contributed by atoms with van der Waals surface area (Å²) in [5.74, 6) is 1.21. The number of anilines is 1. The van der Waals surface area contributed by atoms with E-state index in [9.17, 15) is 0 Å². The fourth-order valence-electron chi connectivity index (χ4n) is 1.96. The first-order valence-electron chi connectivity index (χ1n) is 6.09. The van der Waals surface area contributed by atoms with E-state index in [4.69, 9.17) is 0 Å². The van der Waals surface area contributed by atoms with E-state index in [-0.39, 0.29) is 12.4 Å². The maximum Gasteiger partial charge on any atom is 0.0505 e. The van der Waals surface area contributed by atoms with Crippen LogP contribution in [0.3, 0.4) is 0 Å². The number of benzene rings is 1. The zero-order valence-corrected chi connectivity index (χ0v) is 11.9. The molecule has 1 heterocycles. The molecule has 1 aromatic rings. The summed E-state index contributed by atoms with van der Waals surface area (Å²) < 4.78 is 0. The largest absolute Gasteiger partial charge is 0.368 e. The van der Waals surface area contributed by atoms with Crippen molar-refractivity contribution < 1.29 is 0 Å². The van der Waals surface area contributed by atoms with Gasteiger partial charge in [-0.1, -0.05) is 19.1 Å². The van der Waals surface area contributed by atoms with Crippen LogP contribution in [-0.4, -0.2) is 31.9 Å². The highest BCUT2D eigenvalue weighted by atomic mass is 35.5. The molecule has 0 atom stereocenters. The normalized spacial score (nSPS) is 15.5. The van der Waals surface area contributed by atoms with E-state index in [0.29, 0.717) is 0 Å². The molecular formula is C13H21ClN2S. The van der Waals surface area contributed by atoms with Crippen LogP contribution in [0.1, 0.15) is 13.3 Å². The molecule has 17 heavy (non-hydrogen) atoms. The maximum atomic E-state index is 3.40. The minimum absolute atomic E-state index is 0. The van der Waals surface area contributed by atoms with Gasteiger partial charge in [-0.15, -0.1) is 24.2 Å². The van der Waals surface area contributed by atoms with Crippen LogP contribution in [0.2, 0.25) is 0 Å². The lowest BCUT2D eigenvalue weighted by molar-refractivity contribution is 0.587. The quantitative estimate of drug-likeness (QED) is 0.849. The van der Waals surface area contributed by atoms with Gasteiger partial charge in [0.2, 0.25) is 0 Å². The number of para-hydroxylation sites is 1. The standard InChI is InChI=1S/C13H20N2S.ClH/c1-2-11-16-13-6-4-3-5-12(13)15-9-7-14-8-10-15;/h3-6,14H,2,7-11H2,1H3;1H. The van der Waals surface area contributed by atoms with E-state index in [0.717, 1.165) is 26.2 Å². The molecule has 0 amide bonds. The summed E-state index contributed by atoms with van der Waals surface area (Å²) in [6, 6.07) is 8.79. The van der Waals surface area contributed by atoms with Gasteiger partial charge in [-0.05, 0) is 24.3 Å². The van der Waals surface area contributed by atoms with Crippen molar-refractivity contribution in [1.29, 1.82) is 0 Å². The van der Waals surface area contributed by atoms with Crippen molar-refractivity contribution in [1.82, 2.24) is 5.32 Å². The van der Waals surface area contributed by atoms with E-state index < -0.39 is 0 Å². The van der Waals surface area contributed by atoms with E-state index in [1.54, 1.807) is 0 Å². The van der Waals surface area contributed by atoms with Crippen LogP contribution in [0.5, 0.6) is 0 Å². The van der Waals surface area contributed by atoms with Gasteiger partial charge in [0, 0.05) is 31.1 Å². The fraction of sp³-hybridized carbons (Fsp3) is 0.538. The van der Waals surface area contributed by atoms with Crippen LogP contribution < -0.4 is 10.2 Å². The van der Waals surface area contributed by atoms with Crippen molar-refractivity contribution in [3.63, 3.8) is 0 Å². The first kappa shape index (κ1) is 14.7. The molecule has 1 aromatic carbocycles. The molecule has 0 bridgehead atoms. The molecule has 1 N–H and O–H groups in total. The third kappa shape index (κ3) is 4.09.